The van der Waals surface area contributed by atoms with Crippen LogP contribution in [-0.2, 0) is 9.59 Å². The molecular formula is C26H21BrN2O5S. The lowest BCUT2D eigenvalue weighted by Gasteiger charge is -2.13. The molecule has 0 aliphatic carbocycles. The molecule has 7 nitrogen and oxygen atoms in total. The third-order valence-electron chi connectivity index (χ3n) is 5.07. The fourth-order valence-electron chi connectivity index (χ4n) is 3.32. The van der Waals surface area contributed by atoms with E-state index in [1.165, 1.54) is 7.11 Å². The van der Waals surface area contributed by atoms with E-state index in [9.17, 15) is 14.4 Å². The zero-order valence-electron chi connectivity index (χ0n) is 18.9. The third kappa shape index (κ3) is 5.75. The Hall–Kier alpha value is -3.56. The number of carbonyl (C=O) groups is 3. The molecule has 0 atom stereocenters. The Morgan fingerprint density at radius 2 is 1.77 bits per heavy atom. The molecule has 35 heavy (non-hydrogen) atoms. The molecule has 0 radical (unpaired) electrons. The van der Waals surface area contributed by atoms with E-state index < -0.39 is 5.91 Å². The second kappa shape index (κ2) is 10.8. The summed E-state index contributed by atoms with van der Waals surface area (Å²) < 4.78 is 11.7. The number of nitrogens with one attached hydrogen (secondary N) is 1. The van der Waals surface area contributed by atoms with Crippen molar-refractivity contribution >= 4 is 62.2 Å². The zero-order valence-corrected chi connectivity index (χ0v) is 21.3. The Labute approximate surface area is 215 Å². The maximum absolute atomic E-state index is 12.9. The Morgan fingerprint density at radius 3 is 2.46 bits per heavy atom. The standard InChI is InChI=1S/C26H21BrN2O5S/c1-16-8-10-18(11-9-16)28-24(30)15-34-22-14-20(27)17(12-21(22)33-2)13-23-25(31)29(26(32)35-23)19-6-4-3-5-7-19/h3-14H,15H2,1-2H3,(H,28,30)/b23-13+. The summed E-state index contributed by atoms with van der Waals surface area (Å²) in [6.07, 6.45) is 1.62. The molecule has 9 heteroatoms. The van der Waals surface area contributed by atoms with Crippen molar-refractivity contribution in [1.29, 1.82) is 0 Å². The molecule has 1 fully saturated rings. The van der Waals surface area contributed by atoms with Crippen molar-refractivity contribution < 1.29 is 23.9 Å². The highest BCUT2D eigenvalue weighted by molar-refractivity contribution is 9.10. The molecule has 1 saturated heterocycles. The van der Waals surface area contributed by atoms with Gasteiger partial charge in [-0.2, -0.15) is 0 Å². The van der Waals surface area contributed by atoms with Crippen molar-refractivity contribution in [2.24, 2.45) is 0 Å². The molecule has 0 bridgehead atoms. The minimum atomic E-state index is -0.398. The van der Waals surface area contributed by atoms with E-state index in [0.29, 0.717) is 32.9 Å². The van der Waals surface area contributed by atoms with Gasteiger partial charge in [0, 0.05) is 10.2 Å². The SMILES string of the molecule is COc1cc(/C=C2/SC(=O)N(c3ccccc3)C2=O)c(Br)cc1OCC(=O)Nc1ccc(C)cc1. The molecule has 3 amide bonds. The molecule has 178 valence electrons. The highest BCUT2D eigenvalue weighted by atomic mass is 79.9. The number of carbonyl (C=O) groups excluding carboxylic acids is 3. The number of anilines is 2. The van der Waals surface area contributed by atoms with E-state index in [0.717, 1.165) is 22.2 Å². The number of amides is 3. The smallest absolute Gasteiger partial charge is 0.298 e. The molecule has 0 unspecified atom stereocenters. The van der Waals surface area contributed by atoms with Crippen molar-refractivity contribution in [3.8, 4) is 11.5 Å². The van der Waals surface area contributed by atoms with Crippen molar-refractivity contribution in [1.82, 2.24) is 0 Å². The van der Waals surface area contributed by atoms with Crippen LogP contribution in [-0.4, -0.2) is 30.8 Å². The van der Waals surface area contributed by atoms with Crippen LogP contribution in [0, 0.1) is 6.92 Å². The first-order valence-corrected chi connectivity index (χ1v) is 12.2. The fraction of sp³-hybridized carbons (Fsp3) is 0.115. The van der Waals surface area contributed by atoms with Crippen LogP contribution in [0.3, 0.4) is 0 Å². The first-order valence-electron chi connectivity index (χ1n) is 10.6. The minimum Gasteiger partial charge on any atom is -0.493 e. The van der Waals surface area contributed by atoms with Gasteiger partial charge in [-0.05, 0) is 66.7 Å². The number of nitrogens with zero attached hydrogens (tertiary/aromatic N) is 1. The van der Waals surface area contributed by atoms with E-state index >= 15 is 0 Å². The van der Waals surface area contributed by atoms with Crippen LogP contribution in [0.2, 0.25) is 0 Å². The van der Waals surface area contributed by atoms with Crippen molar-refractivity contribution in [3.63, 3.8) is 0 Å². The lowest BCUT2D eigenvalue weighted by molar-refractivity contribution is -0.118. The summed E-state index contributed by atoms with van der Waals surface area (Å²) in [5, 5.41) is 2.41. The largest absolute Gasteiger partial charge is 0.493 e. The van der Waals surface area contributed by atoms with E-state index in [1.54, 1.807) is 42.5 Å². The molecule has 1 aliphatic heterocycles. The summed E-state index contributed by atoms with van der Waals surface area (Å²) in [6, 6.07) is 19.5. The van der Waals surface area contributed by atoms with Gasteiger partial charge in [0.1, 0.15) is 0 Å². The highest BCUT2D eigenvalue weighted by Gasteiger charge is 2.36. The number of para-hydroxylation sites is 1. The summed E-state index contributed by atoms with van der Waals surface area (Å²) in [7, 11) is 1.48. The van der Waals surface area contributed by atoms with Crippen LogP contribution in [0.15, 0.2) is 76.1 Å². The van der Waals surface area contributed by atoms with Gasteiger partial charge in [0.05, 0.1) is 17.7 Å². The third-order valence-corrected chi connectivity index (χ3v) is 6.63. The summed E-state index contributed by atoms with van der Waals surface area (Å²) in [5.41, 5.74) is 2.91. The quantitative estimate of drug-likeness (QED) is 0.360. The Morgan fingerprint density at radius 1 is 1.06 bits per heavy atom. The Balaban J connectivity index is 1.49. The first kappa shape index (κ1) is 24.6. The Kier molecular flexibility index (Phi) is 7.57. The van der Waals surface area contributed by atoms with Gasteiger partial charge in [0.25, 0.3) is 17.1 Å². The van der Waals surface area contributed by atoms with E-state index in [1.807, 2.05) is 37.3 Å². The van der Waals surface area contributed by atoms with Crippen molar-refractivity contribution in [3.05, 3.63) is 87.2 Å². The monoisotopic (exact) mass is 552 g/mol. The lowest BCUT2D eigenvalue weighted by Crippen LogP contribution is -2.27. The number of halogens is 1. The molecule has 1 heterocycles. The van der Waals surface area contributed by atoms with E-state index in [-0.39, 0.29) is 22.7 Å². The average molecular weight is 553 g/mol. The van der Waals surface area contributed by atoms with Gasteiger partial charge in [-0.15, -0.1) is 0 Å². The Bertz CT molecular complexity index is 1310. The zero-order chi connectivity index (χ0) is 24.9. The van der Waals surface area contributed by atoms with Gasteiger partial charge in [-0.3, -0.25) is 14.4 Å². The van der Waals surface area contributed by atoms with E-state index in [2.05, 4.69) is 21.2 Å². The van der Waals surface area contributed by atoms with Gasteiger partial charge >= 0.3 is 0 Å². The van der Waals surface area contributed by atoms with Gasteiger partial charge in [-0.25, -0.2) is 4.90 Å². The lowest BCUT2D eigenvalue weighted by atomic mass is 10.1. The number of benzene rings is 3. The number of hydrogen-bond acceptors (Lipinski definition) is 6. The highest BCUT2D eigenvalue weighted by Crippen LogP contribution is 2.39. The topological polar surface area (TPSA) is 84.9 Å². The van der Waals surface area contributed by atoms with Crippen molar-refractivity contribution in [2.75, 3.05) is 23.9 Å². The summed E-state index contributed by atoms with van der Waals surface area (Å²) in [6.45, 7) is 1.75. The fourth-order valence-corrected chi connectivity index (χ4v) is 4.59. The maximum Gasteiger partial charge on any atom is 0.298 e. The molecule has 3 aromatic carbocycles. The average Bonchev–Trinajstić information content (AvgIpc) is 3.13. The molecule has 0 aromatic heterocycles. The summed E-state index contributed by atoms with van der Waals surface area (Å²) >= 11 is 4.35. The number of methoxy groups -OCH3 is 1. The number of hydrogen-bond donors (Lipinski definition) is 1. The molecule has 0 spiro atoms. The molecule has 4 rings (SSSR count). The molecule has 1 N–H and O–H groups in total. The van der Waals surface area contributed by atoms with Gasteiger partial charge < -0.3 is 14.8 Å². The maximum atomic E-state index is 12.9. The number of aryl methyl sites for hydroxylation is 1. The van der Waals surface area contributed by atoms with Crippen LogP contribution in [0.1, 0.15) is 11.1 Å². The molecule has 0 saturated carbocycles. The molecule has 3 aromatic rings. The minimum absolute atomic E-state index is 0.216. The number of ether oxygens (including phenoxy) is 2. The van der Waals surface area contributed by atoms with Crippen molar-refractivity contribution in [2.45, 2.75) is 6.92 Å². The van der Waals surface area contributed by atoms with Gasteiger partial charge in [0.15, 0.2) is 18.1 Å². The van der Waals surface area contributed by atoms with Crippen LogP contribution < -0.4 is 19.7 Å². The molecular weight excluding hydrogens is 532 g/mol. The number of thioether (sulfide) groups is 1. The second-order valence-electron chi connectivity index (χ2n) is 7.58. The van der Waals surface area contributed by atoms with Crippen LogP contribution in [0.5, 0.6) is 11.5 Å². The number of rotatable bonds is 7. The van der Waals surface area contributed by atoms with E-state index in [4.69, 9.17) is 9.47 Å². The molecule has 1 aliphatic rings. The first-order chi connectivity index (χ1) is 16.9. The number of imide groups is 1. The second-order valence-corrected chi connectivity index (χ2v) is 9.43. The van der Waals surface area contributed by atoms with Crippen LogP contribution in [0.4, 0.5) is 16.2 Å². The predicted molar refractivity (Wildman–Crippen MR) is 141 cm³/mol. The van der Waals surface area contributed by atoms with Crippen LogP contribution in [0.25, 0.3) is 6.08 Å². The van der Waals surface area contributed by atoms with Gasteiger partial charge in [-0.1, -0.05) is 51.8 Å². The summed E-state index contributed by atoms with van der Waals surface area (Å²) in [5.74, 6) is 0.0220. The predicted octanol–water partition coefficient (Wildman–Crippen LogP) is 6.02. The van der Waals surface area contributed by atoms with Crippen LogP contribution >= 0.6 is 27.7 Å². The summed E-state index contributed by atoms with van der Waals surface area (Å²) in [4.78, 5) is 39.1. The van der Waals surface area contributed by atoms with Gasteiger partial charge in [0.2, 0.25) is 0 Å². The normalized spacial score (nSPS) is 14.4.